The van der Waals surface area contributed by atoms with Crippen LogP contribution in [-0.2, 0) is 4.79 Å². The van der Waals surface area contributed by atoms with Crippen LogP contribution < -0.4 is 4.90 Å². The molecular formula is C12H14FN3O. The van der Waals surface area contributed by atoms with Crippen LogP contribution in [0.25, 0.3) is 0 Å². The van der Waals surface area contributed by atoms with Crippen LogP contribution in [0.5, 0.6) is 0 Å². The number of anilines is 1. The van der Waals surface area contributed by atoms with Gasteiger partial charge >= 0.3 is 0 Å². The summed E-state index contributed by atoms with van der Waals surface area (Å²) in [5, 5.41) is 0. The van der Waals surface area contributed by atoms with Crippen molar-refractivity contribution in [1.29, 1.82) is 0 Å². The number of piperazine rings is 1. The molecule has 0 unspecified atom stereocenters. The lowest BCUT2D eigenvalue weighted by Crippen LogP contribution is -2.44. The van der Waals surface area contributed by atoms with Crippen molar-refractivity contribution in [2.24, 2.45) is 4.99 Å². The van der Waals surface area contributed by atoms with E-state index in [1.54, 1.807) is 12.1 Å². The van der Waals surface area contributed by atoms with Gasteiger partial charge in [0, 0.05) is 26.2 Å². The molecule has 1 aliphatic rings. The Morgan fingerprint density at radius 2 is 2.00 bits per heavy atom. The van der Waals surface area contributed by atoms with Crippen LogP contribution in [0.1, 0.15) is 0 Å². The second kappa shape index (κ2) is 5.08. The Hall–Kier alpha value is -1.71. The molecule has 1 fully saturated rings. The normalized spacial score (nSPS) is 16.7. The topological polar surface area (TPSA) is 35.9 Å². The average Bonchev–Trinajstić information content (AvgIpc) is 2.32. The van der Waals surface area contributed by atoms with Crippen LogP contribution in [-0.4, -0.2) is 44.2 Å². The number of isocyanates is 1. The van der Waals surface area contributed by atoms with Crippen LogP contribution in [0.3, 0.4) is 0 Å². The van der Waals surface area contributed by atoms with Gasteiger partial charge in [-0.3, -0.25) is 0 Å². The molecule has 17 heavy (non-hydrogen) atoms. The molecule has 0 aliphatic carbocycles. The predicted molar refractivity (Wildman–Crippen MR) is 63.9 cm³/mol. The zero-order chi connectivity index (χ0) is 12.3. The SMILES string of the molecule is CN1CCN(c2c(F)cccc2N=C=O)CC1. The highest BCUT2D eigenvalue weighted by atomic mass is 19.1. The van der Waals surface area contributed by atoms with Gasteiger partial charge in [-0.25, -0.2) is 9.18 Å². The van der Waals surface area contributed by atoms with E-state index in [9.17, 15) is 9.18 Å². The molecule has 0 amide bonds. The smallest absolute Gasteiger partial charge is 0.240 e. The second-order valence-electron chi connectivity index (χ2n) is 4.10. The molecule has 0 spiro atoms. The highest BCUT2D eigenvalue weighted by Crippen LogP contribution is 2.31. The summed E-state index contributed by atoms with van der Waals surface area (Å²) >= 11 is 0. The van der Waals surface area contributed by atoms with Gasteiger partial charge in [-0.15, -0.1) is 0 Å². The van der Waals surface area contributed by atoms with Crippen molar-refractivity contribution in [3.8, 4) is 0 Å². The molecule has 1 heterocycles. The first kappa shape index (κ1) is 11.8. The van der Waals surface area contributed by atoms with Crippen molar-refractivity contribution in [3.63, 3.8) is 0 Å². The number of hydrogen-bond acceptors (Lipinski definition) is 4. The van der Waals surface area contributed by atoms with E-state index in [2.05, 4.69) is 9.89 Å². The fraction of sp³-hybridized carbons (Fsp3) is 0.417. The number of halogens is 1. The number of carbonyl (C=O) groups excluding carboxylic acids is 1. The Kier molecular flexibility index (Phi) is 3.52. The fourth-order valence-corrected chi connectivity index (χ4v) is 1.99. The largest absolute Gasteiger partial charge is 0.365 e. The Morgan fingerprint density at radius 1 is 1.29 bits per heavy atom. The first-order valence-electron chi connectivity index (χ1n) is 5.52. The molecule has 0 saturated carbocycles. The zero-order valence-corrected chi connectivity index (χ0v) is 9.69. The molecule has 0 aromatic heterocycles. The van der Waals surface area contributed by atoms with Crippen molar-refractivity contribution in [3.05, 3.63) is 24.0 Å². The van der Waals surface area contributed by atoms with Crippen molar-refractivity contribution in [2.45, 2.75) is 0 Å². The van der Waals surface area contributed by atoms with E-state index in [0.717, 1.165) is 26.2 Å². The average molecular weight is 235 g/mol. The van der Waals surface area contributed by atoms with Crippen LogP contribution in [0.15, 0.2) is 23.2 Å². The number of hydrogen-bond donors (Lipinski definition) is 0. The van der Waals surface area contributed by atoms with Crippen molar-refractivity contribution in [2.75, 3.05) is 38.1 Å². The molecule has 90 valence electrons. The second-order valence-corrected chi connectivity index (χ2v) is 4.10. The summed E-state index contributed by atoms with van der Waals surface area (Å²) in [6.07, 6.45) is 1.47. The Labute approximate surface area is 99.4 Å². The van der Waals surface area contributed by atoms with Crippen LogP contribution in [0.2, 0.25) is 0 Å². The van der Waals surface area contributed by atoms with Gasteiger partial charge in [0.2, 0.25) is 6.08 Å². The minimum Gasteiger partial charge on any atom is -0.365 e. The molecule has 0 radical (unpaired) electrons. The first-order chi connectivity index (χ1) is 8.22. The quantitative estimate of drug-likeness (QED) is 0.576. The number of likely N-dealkylation sites (N-methyl/N-ethyl adjacent to an activating group) is 1. The highest BCUT2D eigenvalue weighted by molar-refractivity contribution is 5.70. The van der Waals surface area contributed by atoms with Gasteiger partial charge in [0.15, 0.2) is 0 Å². The van der Waals surface area contributed by atoms with Gasteiger partial charge in [-0.1, -0.05) is 6.07 Å². The zero-order valence-electron chi connectivity index (χ0n) is 9.69. The maximum absolute atomic E-state index is 13.8. The van der Waals surface area contributed by atoms with E-state index in [1.165, 1.54) is 12.1 Å². The number of nitrogens with zero attached hydrogens (tertiary/aromatic N) is 3. The Balaban J connectivity index is 2.33. The summed E-state index contributed by atoms with van der Waals surface area (Å²) < 4.78 is 13.8. The van der Waals surface area contributed by atoms with Gasteiger partial charge in [-0.05, 0) is 19.2 Å². The Morgan fingerprint density at radius 3 is 2.65 bits per heavy atom. The molecule has 4 nitrogen and oxygen atoms in total. The number of rotatable bonds is 2. The van der Waals surface area contributed by atoms with E-state index in [0.29, 0.717) is 11.4 Å². The van der Waals surface area contributed by atoms with Gasteiger partial charge in [0.1, 0.15) is 17.2 Å². The molecule has 0 bridgehead atoms. The van der Waals surface area contributed by atoms with Crippen molar-refractivity contribution < 1.29 is 9.18 Å². The lowest BCUT2D eigenvalue weighted by atomic mass is 10.2. The van der Waals surface area contributed by atoms with E-state index in [4.69, 9.17) is 0 Å². The van der Waals surface area contributed by atoms with Crippen LogP contribution >= 0.6 is 0 Å². The van der Waals surface area contributed by atoms with E-state index in [1.807, 2.05) is 11.9 Å². The summed E-state index contributed by atoms with van der Waals surface area (Å²) in [6.45, 7) is 3.22. The first-order valence-corrected chi connectivity index (χ1v) is 5.52. The monoisotopic (exact) mass is 235 g/mol. The Bertz CT molecular complexity index is 449. The molecule has 0 N–H and O–H groups in total. The molecule has 1 aliphatic heterocycles. The van der Waals surface area contributed by atoms with Crippen LogP contribution in [0.4, 0.5) is 15.8 Å². The molecule has 1 saturated heterocycles. The van der Waals surface area contributed by atoms with Gasteiger partial charge in [-0.2, -0.15) is 4.99 Å². The summed E-state index contributed by atoms with van der Waals surface area (Å²) in [6, 6.07) is 4.56. The van der Waals surface area contributed by atoms with Gasteiger partial charge in [0.25, 0.3) is 0 Å². The molecule has 5 heteroatoms. The van der Waals surface area contributed by atoms with Crippen LogP contribution in [0, 0.1) is 5.82 Å². The van der Waals surface area contributed by atoms with Gasteiger partial charge in [0.05, 0.1) is 0 Å². The minimum atomic E-state index is -0.342. The number of benzene rings is 1. The van der Waals surface area contributed by atoms with Crippen molar-refractivity contribution >= 4 is 17.5 Å². The van der Waals surface area contributed by atoms with Gasteiger partial charge < -0.3 is 9.80 Å². The molecule has 2 rings (SSSR count). The molecule has 1 aromatic rings. The summed E-state index contributed by atoms with van der Waals surface area (Å²) in [5.74, 6) is -0.342. The summed E-state index contributed by atoms with van der Waals surface area (Å²) in [5.41, 5.74) is 0.758. The molecule has 0 atom stereocenters. The fourth-order valence-electron chi connectivity index (χ4n) is 1.99. The maximum Gasteiger partial charge on any atom is 0.240 e. The number of aliphatic imine (C=N–C) groups is 1. The number of para-hydroxylation sites is 1. The summed E-state index contributed by atoms with van der Waals surface area (Å²) in [7, 11) is 2.03. The molecular weight excluding hydrogens is 221 g/mol. The van der Waals surface area contributed by atoms with E-state index >= 15 is 0 Å². The third-order valence-corrected chi connectivity index (χ3v) is 2.95. The third kappa shape index (κ3) is 2.52. The lowest BCUT2D eigenvalue weighted by molar-refractivity contribution is 0.312. The lowest BCUT2D eigenvalue weighted by Gasteiger charge is -2.34. The van der Waals surface area contributed by atoms with E-state index in [-0.39, 0.29) is 5.82 Å². The van der Waals surface area contributed by atoms with E-state index < -0.39 is 0 Å². The summed E-state index contributed by atoms with van der Waals surface area (Å²) in [4.78, 5) is 18.0. The van der Waals surface area contributed by atoms with Crippen molar-refractivity contribution in [1.82, 2.24) is 4.90 Å². The standard InChI is InChI=1S/C12H14FN3O/c1-15-5-7-16(8-6-15)12-10(13)3-2-4-11(12)14-9-17/h2-4H,5-8H2,1H3. The third-order valence-electron chi connectivity index (χ3n) is 2.95. The minimum absolute atomic E-state index is 0.342. The maximum atomic E-state index is 13.8. The highest BCUT2D eigenvalue weighted by Gasteiger charge is 2.20. The molecule has 1 aromatic carbocycles. The predicted octanol–water partition coefficient (Wildman–Crippen LogP) is 1.54.